The number of hydrogen-bond acceptors (Lipinski definition) is 15. The Labute approximate surface area is 605 Å². The van der Waals surface area contributed by atoms with Crippen molar-refractivity contribution in [1.82, 2.24) is 57.7 Å². The lowest BCUT2D eigenvalue weighted by atomic mass is 10.0. The second kappa shape index (κ2) is 39.6. The first-order chi connectivity index (χ1) is 49.3. The summed E-state index contributed by atoms with van der Waals surface area (Å²) in [6.07, 6.45) is 2.21. The van der Waals surface area contributed by atoms with Gasteiger partial charge in [0.2, 0.25) is 65.0 Å². The van der Waals surface area contributed by atoms with Crippen LogP contribution >= 0.6 is 23.2 Å². The fraction of sp³-hybridized carbons (Fsp3) is 0.389. The van der Waals surface area contributed by atoms with Gasteiger partial charge in [0.15, 0.2) is 5.96 Å². The second-order valence-corrected chi connectivity index (χ2v) is 26.1. The standard InChI is InChI=1S/C72H90Cl2N16O13/c1-41(62(76)94)81-70(102)61-18-11-33-90(61)71(103)54(17-10-32-79-72(77)78)84-66(98)56(34-43-12-4-3-5-13-43)85-63(95)53(16-8-9-31-75)83-65(97)57(37-46-23-29-50(93)30-24-46)87-69(101)60(40-91)89-68(100)59(38-47-39-80-52-15-7-6-14-51(47)52)88-67(99)58(36-45-21-27-49(74)28-22-45)86-64(96)55(82-42(2)92)35-44-19-25-48(73)26-20-44/h3-7,12-15,19-30,39,41,53-61,80,91,93H,8-11,16-18,31-38,40,75H2,1-2H3,(H2,76,94)(H,81,102)(H,82,92)(H,83,97)(H,84,98)(H,85,95)(H,86,96)(H,87,101)(H,88,99)(H,89,100)(H4,77,78,79)/t41-,53-,54+,55-,56+,57+,58-,59-,60+,61+/m1/s1. The maximum atomic E-state index is 15.0. The van der Waals surface area contributed by atoms with E-state index in [2.05, 4.69) is 57.8 Å². The van der Waals surface area contributed by atoms with Gasteiger partial charge in [-0.15, -0.1) is 0 Å². The predicted molar refractivity (Wildman–Crippen MR) is 387 cm³/mol. The summed E-state index contributed by atoms with van der Waals surface area (Å²) in [4.78, 5) is 165. The third-order valence-corrected chi connectivity index (χ3v) is 17.8. The van der Waals surface area contributed by atoms with Crippen molar-refractivity contribution in [3.8, 4) is 5.75 Å². The Morgan fingerprint density at radius 2 is 0.971 bits per heavy atom. The van der Waals surface area contributed by atoms with Crippen LogP contribution in [0.15, 0.2) is 139 Å². The monoisotopic (exact) mass is 1460 g/mol. The summed E-state index contributed by atoms with van der Waals surface area (Å²) in [7, 11) is 0. The van der Waals surface area contributed by atoms with Crippen molar-refractivity contribution in [3.63, 3.8) is 0 Å². The number of benzene rings is 5. The van der Waals surface area contributed by atoms with E-state index in [-0.39, 0.29) is 95.6 Å². The largest absolute Gasteiger partial charge is 0.508 e. The van der Waals surface area contributed by atoms with Gasteiger partial charge in [-0.25, -0.2) is 0 Å². The molecule has 1 fully saturated rings. The van der Waals surface area contributed by atoms with E-state index in [9.17, 15) is 63.0 Å². The summed E-state index contributed by atoms with van der Waals surface area (Å²) in [5.74, 6) is -9.28. The van der Waals surface area contributed by atoms with Crippen LogP contribution in [0.4, 0.5) is 0 Å². The van der Waals surface area contributed by atoms with Gasteiger partial charge < -0.3 is 90.9 Å². The smallest absolute Gasteiger partial charge is 0.245 e. The van der Waals surface area contributed by atoms with E-state index >= 15 is 0 Å². The van der Waals surface area contributed by atoms with E-state index in [4.69, 9.17) is 46.1 Å². The fourth-order valence-corrected chi connectivity index (χ4v) is 12.0. The zero-order valence-electron chi connectivity index (χ0n) is 57.1. The van der Waals surface area contributed by atoms with Gasteiger partial charge in [0.05, 0.1) is 6.61 Å². The molecule has 0 unspecified atom stereocenters. The van der Waals surface area contributed by atoms with Crippen molar-refractivity contribution in [2.75, 3.05) is 26.2 Å². The number of nitrogens with zero attached hydrogens (tertiary/aromatic N) is 2. The van der Waals surface area contributed by atoms with Gasteiger partial charge in [0.1, 0.15) is 66.2 Å². The highest BCUT2D eigenvalue weighted by Gasteiger charge is 2.40. The molecule has 0 aliphatic carbocycles. The Bertz CT molecular complexity index is 3940. The maximum absolute atomic E-state index is 15.0. The summed E-state index contributed by atoms with van der Waals surface area (Å²) in [5, 5.41) is 46.9. The molecule has 2 heterocycles. The number of phenols is 1. The first-order valence-electron chi connectivity index (χ1n) is 33.8. The number of phenolic OH excluding ortho intramolecular Hbond substituents is 1. The summed E-state index contributed by atoms with van der Waals surface area (Å²) >= 11 is 12.4. The summed E-state index contributed by atoms with van der Waals surface area (Å²) in [5.41, 5.74) is 25.9. The number of nitrogens with one attached hydrogen (secondary N) is 10. The molecular weight excluding hydrogens is 1370 g/mol. The number of guanidine groups is 1. The molecule has 1 saturated heterocycles. The number of aromatic amines is 1. The number of primary amides is 1. The first kappa shape index (κ1) is 79.7. The number of likely N-dealkylation sites (tertiary alicyclic amines) is 1. The fourth-order valence-electron chi connectivity index (χ4n) is 11.7. The lowest BCUT2D eigenvalue weighted by molar-refractivity contribution is -0.142. The molecular formula is C72H90Cl2N16O13. The lowest BCUT2D eigenvalue weighted by Crippen LogP contribution is -2.61. The Morgan fingerprint density at radius 1 is 0.534 bits per heavy atom. The molecule has 550 valence electrons. The number of halogens is 2. The molecule has 0 saturated carbocycles. The lowest BCUT2D eigenvalue weighted by Gasteiger charge is -2.30. The number of carbonyl (C=O) groups is 11. The number of hydrogen-bond donors (Lipinski definition) is 16. The molecule has 0 radical (unpaired) electrons. The number of aromatic nitrogens is 1. The van der Waals surface area contributed by atoms with Crippen LogP contribution in [-0.4, -0.2) is 178 Å². The second-order valence-electron chi connectivity index (χ2n) is 25.2. The molecule has 1 aromatic heterocycles. The number of aliphatic hydroxyl groups is 1. The highest BCUT2D eigenvalue weighted by atomic mass is 35.5. The Kier molecular flexibility index (Phi) is 30.6. The summed E-state index contributed by atoms with van der Waals surface area (Å²) < 4.78 is 0. The number of H-pyrrole nitrogens is 1. The first-order valence-corrected chi connectivity index (χ1v) is 34.6. The number of aromatic hydroxyl groups is 1. The van der Waals surface area contributed by atoms with Gasteiger partial charge in [0, 0.05) is 79.3 Å². The van der Waals surface area contributed by atoms with Gasteiger partial charge in [0.25, 0.3) is 0 Å². The van der Waals surface area contributed by atoms with E-state index in [0.717, 1.165) is 0 Å². The molecule has 10 atom stereocenters. The molecule has 0 spiro atoms. The van der Waals surface area contributed by atoms with E-state index in [0.29, 0.717) is 61.6 Å². The molecule has 31 heteroatoms. The highest BCUT2D eigenvalue weighted by molar-refractivity contribution is 6.30. The van der Waals surface area contributed by atoms with Crippen LogP contribution in [0.1, 0.15) is 86.6 Å². The minimum Gasteiger partial charge on any atom is -0.508 e. The third kappa shape index (κ3) is 24.9. The van der Waals surface area contributed by atoms with E-state index in [1.807, 2.05) is 0 Å². The number of aliphatic imine (C=N–C) groups is 1. The molecule has 1 aliphatic rings. The number of aliphatic hydroxyl groups excluding tert-OH is 1. The normalized spacial score (nSPS) is 15.2. The van der Waals surface area contributed by atoms with E-state index < -0.39 is 132 Å². The van der Waals surface area contributed by atoms with Gasteiger partial charge in [-0.05, 0) is 129 Å². The predicted octanol–water partition coefficient (Wildman–Crippen LogP) is 0.748. The van der Waals surface area contributed by atoms with Crippen LogP contribution < -0.4 is 70.8 Å². The number of para-hydroxylation sites is 1. The zero-order chi connectivity index (χ0) is 74.7. The van der Waals surface area contributed by atoms with Crippen LogP contribution in [0.25, 0.3) is 10.9 Å². The number of unbranched alkanes of at least 4 members (excludes halogenated alkanes) is 1. The Balaban J connectivity index is 1.15. The average Bonchev–Trinajstić information content (AvgIpc) is 1.75. The third-order valence-electron chi connectivity index (χ3n) is 17.3. The molecule has 103 heavy (non-hydrogen) atoms. The van der Waals surface area contributed by atoms with Gasteiger partial charge in [-0.3, -0.25) is 57.7 Å². The van der Waals surface area contributed by atoms with Crippen molar-refractivity contribution >= 4 is 105 Å². The minimum absolute atomic E-state index is 0.00127. The number of amides is 11. The SMILES string of the molecule is CC(=O)N[C@H](Cc1ccc(Cl)cc1)C(=O)N[C@H](Cc1ccc(Cl)cc1)C(=O)N[C@H](Cc1c[nH]c2ccccc12)C(=O)N[C@@H](CO)C(=O)N[C@@H](Cc1ccc(O)cc1)C(=O)N[C@H](CCCCN)C(=O)N[C@@H](Cc1ccccc1)C(=O)N[C@@H](CCCN=C(N)N)C(=O)N1CCC[C@H]1C(=O)N[C@H](C)C(N)=O. The molecule has 20 N–H and O–H groups in total. The zero-order valence-corrected chi connectivity index (χ0v) is 58.6. The van der Waals surface area contributed by atoms with Crippen LogP contribution in [-0.2, 0) is 84.8 Å². The molecule has 29 nitrogen and oxygen atoms in total. The van der Waals surface area contributed by atoms with Crippen molar-refractivity contribution in [3.05, 3.63) is 171 Å². The van der Waals surface area contributed by atoms with Crippen molar-refractivity contribution in [2.24, 2.45) is 27.9 Å². The van der Waals surface area contributed by atoms with Crippen LogP contribution in [0, 0.1) is 0 Å². The summed E-state index contributed by atoms with van der Waals surface area (Å²) in [6.45, 7) is 1.95. The molecule has 5 aromatic carbocycles. The molecule has 7 rings (SSSR count). The molecule has 0 bridgehead atoms. The van der Waals surface area contributed by atoms with Crippen molar-refractivity contribution in [1.29, 1.82) is 0 Å². The topological polar surface area (TPSA) is 472 Å². The van der Waals surface area contributed by atoms with E-state index in [1.54, 1.807) is 109 Å². The number of carbonyl (C=O) groups excluding carboxylic acids is 11. The van der Waals surface area contributed by atoms with Gasteiger partial charge in [-0.1, -0.05) is 108 Å². The van der Waals surface area contributed by atoms with Crippen LogP contribution in [0.3, 0.4) is 0 Å². The van der Waals surface area contributed by atoms with Gasteiger partial charge >= 0.3 is 0 Å². The minimum atomic E-state index is -1.83. The molecule has 6 aromatic rings. The molecule has 1 aliphatic heterocycles. The number of nitrogens with two attached hydrogens (primary N) is 4. The van der Waals surface area contributed by atoms with E-state index in [1.165, 1.54) is 43.0 Å². The van der Waals surface area contributed by atoms with Crippen LogP contribution in [0.2, 0.25) is 10.0 Å². The highest BCUT2D eigenvalue weighted by Crippen LogP contribution is 2.23. The number of rotatable bonds is 38. The summed E-state index contributed by atoms with van der Waals surface area (Å²) in [6, 6.07) is 20.6. The van der Waals surface area contributed by atoms with Crippen molar-refractivity contribution < 1.29 is 63.0 Å². The Hall–Kier alpha value is -10.6. The van der Waals surface area contributed by atoms with Gasteiger partial charge in [-0.2, -0.15) is 0 Å². The quantitative estimate of drug-likeness (QED) is 0.0144. The molecule has 11 amide bonds. The Morgan fingerprint density at radius 3 is 1.48 bits per heavy atom. The number of fused-ring (bicyclic) bond motifs is 1. The van der Waals surface area contributed by atoms with Crippen molar-refractivity contribution in [2.45, 2.75) is 151 Å². The maximum Gasteiger partial charge on any atom is 0.245 e. The van der Waals surface area contributed by atoms with Crippen LogP contribution in [0.5, 0.6) is 5.75 Å². The average molecular weight is 1460 g/mol.